The van der Waals surface area contributed by atoms with Crippen molar-refractivity contribution in [1.29, 1.82) is 0 Å². The minimum absolute atomic E-state index is 0.224. The number of fused-ring (bicyclic) bond motifs is 1. The second-order valence-corrected chi connectivity index (χ2v) is 4.32. The maximum atomic E-state index is 13.1. The number of hydrogen-bond acceptors (Lipinski definition) is 2. The number of aromatic nitrogens is 3. The van der Waals surface area contributed by atoms with Crippen molar-refractivity contribution in [1.82, 2.24) is 15.0 Å². The molecule has 0 fully saturated rings. The SMILES string of the molecule is Cc1ccnc2nc(Cc3cccc(F)c3)[nH]c12. The van der Waals surface area contributed by atoms with E-state index in [-0.39, 0.29) is 5.82 Å². The van der Waals surface area contributed by atoms with Crippen LogP contribution in [0.1, 0.15) is 17.0 Å². The van der Waals surface area contributed by atoms with Gasteiger partial charge >= 0.3 is 0 Å². The summed E-state index contributed by atoms with van der Waals surface area (Å²) in [6.07, 6.45) is 2.32. The quantitative estimate of drug-likeness (QED) is 0.749. The number of benzene rings is 1. The monoisotopic (exact) mass is 241 g/mol. The maximum Gasteiger partial charge on any atom is 0.177 e. The Kier molecular flexibility index (Phi) is 2.55. The van der Waals surface area contributed by atoms with E-state index in [0.717, 1.165) is 22.5 Å². The summed E-state index contributed by atoms with van der Waals surface area (Å²) in [4.78, 5) is 11.9. The smallest absolute Gasteiger partial charge is 0.177 e. The van der Waals surface area contributed by atoms with Crippen LogP contribution in [0.3, 0.4) is 0 Å². The molecule has 0 aliphatic carbocycles. The molecule has 0 saturated heterocycles. The summed E-state index contributed by atoms with van der Waals surface area (Å²) in [6, 6.07) is 8.49. The van der Waals surface area contributed by atoms with Crippen molar-refractivity contribution < 1.29 is 4.39 Å². The molecule has 2 heterocycles. The molecule has 0 atom stereocenters. The van der Waals surface area contributed by atoms with Gasteiger partial charge in [-0.25, -0.2) is 14.4 Å². The fraction of sp³-hybridized carbons (Fsp3) is 0.143. The maximum absolute atomic E-state index is 13.1. The molecule has 0 radical (unpaired) electrons. The van der Waals surface area contributed by atoms with Gasteiger partial charge in [0.15, 0.2) is 5.65 Å². The Hall–Kier alpha value is -2.23. The molecule has 3 rings (SSSR count). The van der Waals surface area contributed by atoms with E-state index in [1.54, 1.807) is 12.3 Å². The lowest BCUT2D eigenvalue weighted by molar-refractivity contribution is 0.626. The van der Waals surface area contributed by atoms with Gasteiger partial charge in [0.25, 0.3) is 0 Å². The van der Waals surface area contributed by atoms with Gasteiger partial charge in [0.05, 0.1) is 5.52 Å². The molecule has 0 aliphatic rings. The average molecular weight is 241 g/mol. The number of rotatable bonds is 2. The highest BCUT2D eigenvalue weighted by Gasteiger charge is 2.06. The number of halogens is 1. The van der Waals surface area contributed by atoms with Crippen molar-refractivity contribution in [2.45, 2.75) is 13.3 Å². The number of hydrogen-bond donors (Lipinski definition) is 1. The minimum Gasteiger partial charge on any atom is -0.340 e. The molecule has 0 amide bonds. The lowest BCUT2D eigenvalue weighted by Gasteiger charge is -1.97. The van der Waals surface area contributed by atoms with Gasteiger partial charge in [-0.1, -0.05) is 12.1 Å². The first-order valence-electron chi connectivity index (χ1n) is 5.77. The number of aromatic amines is 1. The third-order valence-corrected chi connectivity index (χ3v) is 2.91. The molecule has 18 heavy (non-hydrogen) atoms. The molecule has 0 unspecified atom stereocenters. The van der Waals surface area contributed by atoms with E-state index in [9.17, 15) is 4.39 Å². The molecule has 2 aromatic heterocycles. The van der Waals surface area contributed by atoms with Crippen LogP contribution in [0.25, 0.3) is 11.2 Å². The van der Waals surface area contributed by atoms with E-state index in [4.69, 9.17) is 0 Å². The Morgan fingerprint density at radius 1 is 1.28 bits per heavy atom. The number of nitrogens with one attached hydrogen (secondary N) is 1. The summed E-state index contributed by atoms with van der Waals surface area (Å²) >= 11 is 0. The number of pyridine rings is 1. The zero-order valence-electron chi connectivity index (χ0n) is 9.94. The molecule has 1 aromatic carbocycles. The van der Waals surface area contributed by atoms with Crippen LogP contribution in [-0.4, -0.2) is 15.0 Å². The van der Waals surface area contributed by atoms with E-state index in [2.05, 4.69) is 15.0 Å². The van der Waals surface area contributed by atoms with Crippen LogP contribution >= 0.6 is 0 Å². The first-order chi connectivity index (χ1) is 8.72. The predicted molar refractivity (Wildman–Crippen MR) is 67.8 cm³/mol. The second-order valence-electron chi connectivity index (χ2n) is 4.32. The molecule has 4 heteroatoms. The lowest BCUT2D eigenvalue weighted by atomic mass is 10.1. The molecular formula is C14H12FN3. The molecule has 3 aromatic rings. The van der Waals surface area contributed by atoms with Crippen LogP contribution in [-0.2, 0) is 6.42 Å². The van der Waals surface area contributed by atoms with Gasteiger partial charge in [0, 0.05) is 12.6 Å². The Balaban J connectivity index is 1.98. The van der Waals surface area contributed by atoms with E-state index < -0.39 is 0 Å². The average Bonchev–Trinajstić information content (AvgIpc) is 2.73. The second kappa shape index (κ2) is 4.22. The Morgan fingerprint density at radius 2 is 2.17 bits per heavy atom. The van der Waals surface area contributed by atoms with E-state index in [1.807, 2.05) is 19.1 Å². The van der Waals surface area contributed by atoms with Gasteiger partial charge in [-0.05, 0) is 36.2 Å². The molecule has 90 valence electrons. The fourth-order valence-corrected chi connectivity index (χ4v) is 2.01. The number of nitrogens with zero attached hydrogens (tertiary/aromatic N) is 2. The van der Waals surface area contributed by atoms with Crippen LogP contribution in [0.5, 0.6) is 0 Å². The van der Waals surface area contributed by atoms with Crippen LogP contribution < -0.4 is 0 Å². The summed E-state index contributed by atoms with van der Waals surface area (Å²) in [5.74, 6) is 0.579. The third kappa shape index (κ3) is 1.97. The molecule has 1 N–H and O–H groups in total. The Labute approximate surface area is 104 Å². The molecule has 3 nitrogen and oxygen atoms in total. The van der Waals surface area contributed by atoms with E-state index >= 15 is 0 Å². The van der Waals surface area contributed by atoms with Crippen molar-refractivity contribution in [3.63, 3.8) is 0 Å². The third-order valence-electron chi connectivity index (χ3n) is 2.91. The van der Waals surface area contributed by atoms with Crippen molar-refractivity contribution in [2.75, 3.05) is 0 Å². The normalized spacial score (nSPS) is 11.0. The summed E-state index contributed by atoms with van der Waals surface area (Å²) in [5.41, 5.74) is 3.66. The summed E-state index contributed by atoms with van der Waals surface area (Å²) in [7, 11) is 0. The van der Waals surface area contributed by atoms with Gasteiger partial charge in [-0.15, -0.1) is 0 Å². The van der Waals surface area contributed by atoms with Gasteiger partial charge in [0.1, 0.15) is 11.6 Å². The van der Waals surface area contributed by atoms with Crippen molar-refractivity contribution >= 4 is 11.2 Å². The summed E-state index contributed by atoms with van der Waals surface area (Å²) in [6.45, 7) is 2.01. The van der Waals surface area contributed by atoms with Gasteiger partial charge in [0.2, 0.25) is 0 Å². The number of H-pyrrole nitrogens is 1. The van der Waals surface area contributed by atoms with Crippen LogP contribution in [0.2, 0.25) is 0 Å². The van der Waals surface area contributed by atoms with Crippen LogP contribution in [0, 0.1) is 12.7 Å². The van der Waals surface area contributed by atoms with E-state index in [1.165, 1.54) is 12.1 Å². The summed E-state index contributed by atoms with van der Waals surface area (Å²) in [5, 5.41) is 0. The van der Waals surface area contributed by atoms with Gasteiger partial charge in [-0.2, -0.15) is 0 Å². The molecule has 0 saturated carbocycles. The fourth-order valence-electron chi connectivity index (χ4n) is 2.01. The van der Waals surface area contributed by atoms with Crippen molar-refractivity contribution in [3.8, 4) is 0 Å². The largest absolute Gasteiger partial charge is 0.340 e. The van der Waals surface area contributed by atoms with Crippen molar-refractivity contribution in [3.05, 3.63) is 59.3 Å². The standard InChI is InChI=1S/C14H12FN3/c1-9-5-6-16-14-13(9)17-12(18-14)8-10-3-2-4-11(15)7-10/h2-7H,8H2,1H3,(H,16,17,18). The molecular weight excluding hydrogens is 229 g/mol. The van der Waals surface area contributed by atoms with Gasteiger partial charge in [-0.3, -0.25) is 0 Å². The summed E-state index contributed by atoms with van der Waals surface area (Å²) < 4.78 is 13.1. The zero-order valence-corrected chi connectivity index (χ0v) is 9.94. The highest BCUT2D eigenvalue weighted by molar-refractivity contribution is 5.74. The Bertz CT molecular complexity index is 703. The first kappa shape index (κ1) is 10.9. The van der Waals surface area contributed by atoms with E-state index in [0.29, 0.717) is 12.1 Å². The highest BCUT2D eigenvalue weighted by Crippen LogP contribution is 2.15. The number of aryl methyl sites for hydroxylation is 1. The van der Waals surface area contributed by atoms with Crippen molar-refractivity contribution in [2.24, 2.45) is 0 Å². The number of imidazole rings is 1. The van der Waals surface area contributed by atoms with Crippen LogP contribution in [0.4, 0.5) is 4.39 Å². The van der Waals surface area contributed by atoms with Gasteiger partial charge < -0.3 is 4.98 Å². The first-order valence-corrected chi connectivity index (χ1v) is 5.77. The van der Waals surface area contributed by atoms with Crippen LogP contribution in [0.15, 0.2) is 36.5 Å². The predicted octanol–water partition coefficient (Wildman–Crippen LogP) is 3.00. The lowest BCUT2D eigenvalue weighted by Crippen LogP contribution is -1.91. The molecule has 0 bridgehead atoms. The molecule has 0 aliphatic heterocycles. The minimum atomic E-state index is -0.224. The highest BCUT2D eigenvalue weighted by atomic mass is 19.1. The zero-order chi connectivity index (χ0) is 12.5. The topological polar surface area (TPSA) is 41.6 Å². The Morgan fingerprint density at radius 3 is 2.94 bits per heavy atom. The molecule has 0 spiro atoms.